The van der Waals surface area contributed by atoms with Crippen molar-refractivity contribution in [2.75, 3.05) is 14.7 Å². The summed E-state index contributed by atoms with van der Waals surface area (Å²) in [6.45, 7) is -0.446. The monoisotopic (exact) mass is 1440 g/mol. The van der Waals surface area contributed by atoms with Crippen molar-refractivity contribution < 1.29 is 4.74 Å². The highest BCUT2D eigenvalue weighted by atomic mass is 32.1. The molecule has 0 radical (unpaired) electrons. The van der Waals surface area contributed by atoms with Gasteiger partial charge in [-0.2, -0.15) is 0 Å². The quantitative estimate of drug-likeness (QED) is 0.106. The number of hydrogen-bond acceptors (Lipinski definition) is 8. The van der Waals surface area contributed by atoms with Crippen LogP contribution < -0.4 is 52.2 Å². The van der Waals surface area contributed by atoms with Gasteiger partial charge in [0.2, 0.25) is 0 Å². The molecule has 1 unspecified atom stereocenters. The summed E-state index contributed by atoms with van der Waals surface area (Å²) in [6.07, 6.45) is 0. The molecule has 8 heterocycles. The van der Waals surface area contributed by atoms with E-state index in [-0.39, 0.29) is 25.3 Å². The van der Waals surface area contributed by atoms with Gasteiger partial charge in [0.15, 0.2) is 0 Å². The Labute approximate surface area is 640 Å². The van der Waals surface area contributed by atoms with E-state index in [0.29, 0.717) is 0 Å². The SMILES string of the molecule is c1ccc(C(c2ccccc2)c2cc3c4c(c2)N(c2cccc5c2sc2ccccc25)c2cc5c(cc2B4c2ccccc2N3c2cccc3c2sc2ccccc23)B2c3ccccc3Oc3cc(C(c4ccccc4)c4cccc6c4sc4ccccc46)cc(c32)N5c2cccc3c2sc2ccccc23)cc1. The average Bonchev–Trinajstić information content (AvgIpc) is 0.747. The number of para-hydroxylation sites is 2. The zero-order valence-electron chi connectivity index (χ0n) is 58.1. The summed E-state index contributed by atoms with van der Waals surface area (Å²) >= 11 is 7.60. The summed E-state index contributed by atoms with van der Waals surface area (Å²) in [5.74, 6) is 1.46. The van der Waals surface area contributed by atoms with Crippen molar-refractivity contribution >= 4 is 223 Å². The molecule has 4 aliphatic rings. The number of anilines is 9. The summed E-state index contributed by atoms with van der Waals surface area (Å²) in [6, 6.07) is 131. The van der Waals surface area contributed by atoms with Gasteiger partial charge in [-0.05, 0) is 151 Å². The van der Waals surface area contributed by atoms with Gasteiger partial charge in [-0.25, -0.2) is 0 Å². The molecule has 0 spiro atoms. The highest BCUT2D eigenvalue weighted by molar-refractivity contribution is 7.27. The second-order valence-corrected chi connectivity index (χ2v) is 33.4. The predicted octanol–water partition coefficient (Wildman–Crippen LogP) is 24.0. The van der Waals surface area contributed by atoms with Crippen LogP contribution >= 0.6 is 45.3 Å². The van der Waals surface area contributed by atoms with Crippen molar-refractivity contribution in [2.45, 2.75) is 11.8 Å². The highest BCUT2D eigenvalue weighted by Crippen LogP contribution is 2.56. The molecule has 4 aliphatic heterocycles. The number of thiophene rings is 4. The maximum Gasteiger partial charge on any atom is 0.256 e. The minimum Gasteiger partial charge on any atom is -0.458 e. The highest BCUT2D eigenvalue weighted by Gasteiger charge is 2.49. The minimum atomic E-state index is -0.227. The van der Waals surface area contributed by atoms with Gasteiger partial charge in [-0.15, -0.1) is 45.3 Å². The van der Waals surface area contributed by atoms with Gasteiger partial charge in [0, 0.05) is 113 Å². The van der Waals surface area contributed by atoms with Crippen LogP contribution in [-0.4, -0.2) is 13.4 Å². The molecule has 0 saturated heterocycles. The number of nitrogens with zero attached hydrogens (tertiary/aromatic N) is 3. The van der Waals surface area contributed by atoms with Crippen LogP contribution in [0.15, 0.2) is 346 Å². The maximum absolute atomic E-state index is 7.64. The third-order valence-electron chi connectivity index (χ3n) is 23.5. The third kappa shape index (κ3) is 8.85. The molecule has 24 rings (SSSR count). The first kappa shape index (κ1) is 60.9. The van der Waals surface area contributed by atoms with E-state index in [1.165, 1.54) is 164 Å². The molecule has 0 amide bonds. The second kappa shape index (κ2) is 23.6. The van der Waals surface area contributed by atoms with Crippen LogP contribution in [-0.2, 0) is 0 Å². The number of rotatable bonds is 9. The van der Waals surface area contributed by atoms with Crippen molar-refractivity contribution in [3.63, 3.8) is 0 Å². The predicted molar refractivity (Wildman–Crippen MR) is 466 cm³/mol. The normalized spacial score (nSPS) is 13.6. The Morgan fingerprint density at radius 3 is 1.09 bits per heavy atom. The molecule has 16 aromatic carbocycles. The fourth-order valence-electron chi connectivity index (χ4n) is 19.1. The van der Waals surface area contributed by atoms with Crippen molar-refractivity contribution in [1.29, 1.82) is 0 Å². The van der Waals surface area contributed by atoms with Gasteiger partial charge < -0.3 is 19.4 Å². The lowest BCUT2D eigenvalue weighted by atomic mass is 9.30. The van der Waals surface area contributed by atoms with E-state index in [1.807, 2.05) is 45.3 Å². The molecule has 4 nitrogen and oxygen atoms in total. The van der Waals surface area contributed by atoms with E-state index in [1.54, 1.807) is 0 Å². The first-order chi connectivity index (χ1) is 53.6. The summed E-state index contributed by atoms with van der Waals surface area (Å²) < 4.78 is 17.8. The molecular weight excluding hydrogens is 1380 g/mol. The van der Waals surface area contributed by atoms with Crippen LogP contribution in [0.2, 0.25) is 0 Å². The molecule has 20 aromatic rings. The molecule has 0 saturated carbocycles. The number of benzene rings is 16. The number of fused-ring (bicyclic) bond motifs is 20. The van der Waals surface area contributed by atoms with Gasteiger partial charge in [-0.1, -0.05) is 261 Å². The molecule has 0 aliphatic carbocycles. The largest absolute Gasteiger partial charge is 0.458 e. The standard InChI is InChI=1S/C98H59B2N3OS4/c1-4-26-58(27-5-1)91(59-28-6-2-7-29-59)61-52-82-93-83(53-61)102(78-45-24-38-69-65-34-12-20-50-89(65)107-97(69)78)80-57-81-75(56-74(80)99(93)72-41-14-16-43-76(72)101(82)77-44-23-37-68-64-33-11-19-49-88(64)106-96(68)77)100-73-42-15-17-47-85(73)104-86-55-62(54-84(94(86)100)103(81)79-46-25-39-70-66-35-13-21-51-90(66)108-98(70)79)92(60-30-8-3-9-31-60)71-40-22-36-67-63-32-10-18-48-87(63)105-95(67)71/h1-57,91-92H. The molecule has 0 fully saturated rings. The van der Waals surface area contributed by atoms with Crippen LogP contribution in [0.4, 0.5) is 51.2 Å². The zero-order valence-corrected chi connectivity index (χ0v) is 61.4. The fourth-order valence-corrected chi connectivity index (χ4v) is 23.9. The first-order valence-corrected chi connectivity index (χ1v) is 40.4. The maximum atomic E-state index is 7.64. The average molecular weight is 1440 g/mol. The van der Waals surface area contributed by atoms with E-state index in [0.717, 1.165) is 45.4 Å². The Bertz CT molecular complexity index is 7150. The molecule has 0 N–H and O–H groups in total. The number of hydrogen-bond donors (Lipinski definition) is 0. The Kier molecular flexibility index (Phi) is 13.3. The second-order valence-electron chi connectivity index (χ2n) is 29.1. The molecule has 108 heavy (non-hydrogen) atoms. The summed E-state index contributed by atoms with van der Waals surface area (Å²) in [5, 5.41) is 10.1. The van der Waals surface area contributed by atoms with Crippen LogP contribution in [0, 0.1) is 0 Å². The summed E-state index contributed by atoms with van der Waals surface area (Å²) in [4.78, 5) is 8.08. The van der Waals surface area contributed by atoms with Gasteiger partial charge in [0.25, 0.3) is 13.4 Å². The molecule has 4 aromatic heterocycles. The smallest absolute Gasteiger partial charge is 0.256 e. The van der Waals surface area contributed by atoms with E-state index >= 15 is 0 Å². The van der Waals surface area contributed by atoms with E-state index in [4.69, 9.17) is 4.74 Å². The van der Waals surface area contributed by atoms with Crippen molar-refractivity contribution in [2.24, 2.45) is 0 Å². The Morgan fingerprint density at radius 2 is 0.583 bits per heavy atom. The number of ether oxygens (including phenoxy) is 1. The van der Waals surface area contributed by atoms with E-state index in [9.17, 15) is 0 Å². The summed E-state index contributed by atoms with van der Waals surface area (Å²) in [7, 11) is 0. The minimum absolute atomic E-state index is 0.130. The van der Waals surface area contributed by atoms with Gasteiger partial charge in [-0.3, -0.25) is 0 Å². The van der Waals surface area contributed by atoms with E-state index in [2.05, 4.69) is 360 Å². The molecule has 0 bridgehead atoms. The lowest BCUT2D eigenvalue weighted by Gasteiger charge is -2.46. The van der Waals surface area contributed by atoms with Crippen LogP contribution in [0.5, 0.6) is 11.5 Å². The Hall–Kier alpha value is -12.3. The lowest BCUT2D eigenvalue weighted by molar-refractivity contribution is 0.486. The summed E-state index contributed by atoms with van der Waals surface area (Å²) in [5.41, 5.74) is 25.1. The topological polar surface area (TPSA) is 19.0 Å². The van der Waals surface area contributed by atoms with Gasteiger partial charge in [0.1, 0.15) is 11.5 Å². The fraction of sp³-hybridized carbons (Fsp3) is 0.0204. The van der Waals surface area contributed by atoms with Crippen molar-refractivity contribution in [3.05, 3.63) is 379 Å². The van der Waals surface area contributed by atoms with Gasteiger partial charge in [0.05, 0.1) is 31.2 Å². The Balaban J connectivity index is 0.845. The van der Waals surface area contributed by atoms with Crippen molar-refractivity contribution in [1.82, 2.24) is 0 Å². The van der Waals surface area contributed by atoms with Crippen LogP contribution in [0.25, 0.3) is 80.7 Å². The molecular formula is C98H59B2N3OS4. The van der Waals surface area contributed by atoms with Crippen LogP contribution in [0.1, 0.15) is 45.2 Å². The van der Waals surface area contributed by atoms with Crippen molar-refractivity contribution in [3.8, 4) is 11.5 Å². The zero-order chi connectivity index (χ0) is 70.4. The van der Waals surface area contributed by atoms with Crippen LogP contribution in [0.3, 0.4) is 0 Å². The molecule has 502 valence electrons. The third-order valence-corrected chi connectivity index (χ3v) is 28.4. The van der Waals surface area contributed by atoms with Gasteiger partial charge >= 0.3 is 0 Å². The molecule has 10 heteroatoms. The Morgan fingerprint density at radius 1 is 0.222 bits per heavy atom. The molecule has 1 atom stereocenters. The van der Waals surface area contributed by atoms with E-state index < -0.39 is 0 Å². The first-order valence-electron chi connectivity index (χ1n) is 37.2. The lowest BCUT2D eigenvalue weighted by Crippen LogP contribution is -2.64.